The number of nitrogens with one attached hydrogen (secondary N) is 1. The van der Waals surface area contributed by atoms with Gasteiger partial charge in [-0.1, -0.05) is 133 Å². The van der Waals surface area contributed by atoms with Gasteiger partial charge in [-0.05, 0) is 79.7 Å². The van der Waals surface area contributed by atoms with E-state index in [1.807, 2.05) is 72.8 Å². The summed E-state index contributed by atoms with van der Waals surface area (Å²) in [4.78, 5) is 8.36. The van der Waals surface area contributed by atoms with Crippen molar-refractivity contribution in [2.75, 3.05) is 5.32 Å². The van der Waals surface area contributed by atoms with E-state index in [2.05, 4.69) is 63.8 Å². The number of benzene rings is 7. The first-order valence-electron chi connectivity index (χ1n) is 19.3. The predicted octanol–water partition coefficient (Wildman–Crippen LogP) is 14.5. The first-order valence-corrected chi connectivity index (χ1v) is 19.3. The Morgan fingerprint density at radius 1 is 0.468 bits per heavy atom. The zero-order chi connectivity index (χ0) is 43.2. The molecule has 1 aromatic heterocycles. The molecule has 306 valence electrons. The van der Waals surface area contributed by atoms with E-state index in [4.69, 9.17) is 0 Å². The maximum Gasteiger partial charge on any atom is 0.417 e. The van der Waals surface area contributed by atoms with Crippen LogP contribution in [-0.2, 0) is 23.9 Å². The van der Waals surface area contributed by atoms with E-state index >= 15 is 0 Å². The summed E-state index contributed by atoms with van der Waals surface area (Å²) >= 11 is 0. The van der Waals surface area contributed by atoms with Gasteiger partial charge >= 0.3 is 18.5 Å². The number of amidine groups is 1. The molecule has 0 saturated heterocycles. The highest BCUT2D eigenvalue weighted by molar-refractivity contribution is 6.28. The summed E-state index contributed by atoms with van der Waals surface area (Å²) in [5, 5.41) is 4.67. The fourth-order valence-electron chi connectivity index (χ4n) is 9.14. The summed E-state index contributed by atoms with van der Waals surface area (Å²) in [6.07, 6.45) is -15.1. The largest absolute Gasteiger partial charge is 0.417 e. The molecule has 7 aromatic carbocycles. The maximum atomic E-state index is 14.4. The number of hydrogen-bond donors (Lipinski definition) is 1. The summed E-state index contributed by atoms with van der Waals surface area (Å²) in [5.74, 6) is -0.487. The lowest BCUT2D eigenvalue weighted by atomic mass is 9.67. The van der Waals surface area contributed by atoms with Crippen LogP contribution in [0.5, 0.6) is 0 Å². The number of rotatable bonds is 5. The van der Waals surface area contributed by atoms with Crippen LogP contribution in [0.1, 0.15) is 44.5 Å². The minimum atomic E-state index is -5.38. The molecular formula is C50H28F9N3. The van der Waals surface area contributed by atoms with E-state index in [1.54, 1.807) is 12.1 Å². The normalized spacial score (nSPS) is 14.8. The Bertz CT molecular complexity index is 3070. The van der Waals surface area contributed by atoms with Crippen LogP contribution in [0.2, 0.25) is 0 Å². The molecule has 12 heteroatoms. The van der Waals surface area contributed by atoms with Crippen molar-refractivity contribution in [3.63, 3.8) is 0 Å². The number of fused-ring (bicyclic) bond motifs is 3. The number of alkyl halides is 9. The summed E-state index contributed by atoms with van der Waals surface area (Å²) in [6.45, 7) is 0. The van der Waals surface area contributed by atoms with Gasteiger partial charge in [-0.3, -0.25) is 0 Å². The highest BCUT2D eigenvalue weighted by Gasteiger charge is 2.47. The number of pyridine rings is 1. The Hall–Kier alpha value is -7.21. The zero-order valence-electron chi connectivity index (χ0n) is 31.9. The van der Waals surface area contributed by atoms with Crippen molar-refractivity contribution >= 4 is 28.1 Å². The second-order valence-corrected chi connectivity index (χ2v) is 15.1. The van der Waals surface area contributed by atoms with Gasteiger partial charge in [-0.25, -0.2) is 9.98 Å². The van der Waals surface area contributed by atoms with E-state index < -0.39 is 57.6 Å². The van der Waals surface area contributed by atoms with Gasteiger partial charge in [0.05, 0.1) is 22.1 Å². The van der Waals surface area contributed by atoms with Gasteiger partial charge in [0.1, 0.15) is 5.84 Å². The molecule has 0 fully saturated rings. The molecule has 10 rings (SSSR count). The van der Waals surface area contributed by atoms with Crippen molar-refractivity contribution < 1.29 is 39.5 Å². The lowest BCUT2D eigenvalue weighted by Gasteiger charge is -2.34. The Morgan fingerprint density at radius 2 is 1.06 bits per heavy atom. The van der Waals surface area contributed by atoms with Gasteiger partial charge in [-0.2, -0.15) is 39.5 Å². The summed E-state index contributed by atoms with van der Waals surface area (Å²) in [7, 11) is 0. The molecule has 62 heavy (non-hydrogen) atoms. The van der Waals surface area contributed by atoms with Crippen LogP contribution in [0, 0.1) is 0 Å². The van der Waals surface area contributed by atoms with Gasteiger partial charge < -0.3 is 5.32 Å². The Labute approximate surface area is 347 Å². The molecule has 8 aromatic rings. The number of hydrogen-bond acceptors (Lipinski definition) is 2. The van der Waals surface area contributed by atoms with Gasteiger partial charge in [0.2, 0.25) is 0 Å². The third-order valence-corrected chi connectivity index (χ3v) is 11.7. The third kappa shape index (κ3) is 6.07. The topological polar surface area (TPSA) is 37.3 Å². The van der Waals surface area contributed by atoms with Crippen molar-refractivity contribution in [1.82, 2.24) is 4.98 Å². The van der Waals surface area contributed by atoms with Gasteiger partial charge in [0, 0.05) is 28.4 Å². The summed E-state index contributed by atoms with van der Waals surface area (Å²) in [6, 6.07) is 45.6. The lowest BCUT2D eigenvalue weighted by Crippen LogP contribution is -2.28. The standard InChI is InChI=1S/C50H28F9N3/c51-48(52,53)30-21-22-33(41(26-30)50(57,58)59)38-25-31(49(54,55)56)27-60-45(38)62-46-37-18-9-16-35-32(23-24-42(61-46)44(35)37)34-17-10-20-40-43(34)36-15-7-8-19-39(36)47(40,28-11-3-1-4-12-28)29-13-5-2-6-14-29/h1-27H,(H,60,61,62). The van der Waals surface area contributed by atoms with E-state index in [0.29, 0.717) is 41.0 Å². The molecule has 2 aliphatic rings. The molecule has 0 amide bonds. The van der Waals surface area contributed by atoms with Crippen molar-refractivity contribution in [2.45, 2.75) is 23.9 Å². The minimum Gasteiger partial charge on any atom is -0.339 e. The fraction of sp³-hybridized carbons (Fsp3) is 0.0800. The van der Waals surface area contributed by atoms with Crippen LogP contribution in [-0.4, -0.2) is 10.8 Å². The molecule has 1 N–H and O–H groups in total. The highest BCUT2D eigenvalue weighted by Crippen LogP contribution is 2.59. The van der Waals surface area contributed by atoms with Gasteiger partial charge in [0.25, 0.3) is 0 Å². The van der Waals surface area contributed by atoms with Crippen LogP contribution in [0.4, 0.5) is 51.0 Å². The van der Waals surface area contributed by atoms with Crippen LogP contribution in [0.15, 0.2) is 169 Å². The smallest absolute Gasteiger partial charge is 0.339 e. The molecule has 3 nitrogen and oxygen atoms in total. The Balaban J connectivity index is 1.16. The summed E-state index contributed by atoms with van der Waals surface area (Å²) in [5.41, 5.74) is 2.18. The van der Waals surface area contributed by atoms with E-state index in [9.17, 15) is 39.5 Å². The Kier molecular flexibility index (Phi) is 8.74. The third-order valence-electron chi connectivity index (χ3n) is 11.7. The molecule has 1 aliphatic heterocycles. The van der Waals surface area contributed by atoms with Crippen molar-refractivity contribution in [3.8, 4) is 33.4 Å². The number of anilines is 1. The number of halogens is 9. The highest BCUT2D eigenvalue weighted by atomic mass is 19.4. The first kappa shape index (κ1) is 39.0. The average Bonchev–Trinajstić information content (AvgIpc) is 3.77. The zero-order valence-corrected chi connectivity index (χ0v) is 31.9. The SMILES string of the molecule is FC(F)(F)c1cnc(N=C2Nc3ccc(-c4cccc5c4-c4ccccc4C5(c4ccccc4)c4ccccc4)c4cccc2c34)c(-c2ccc(C(F)(F)F)cc2C(F)(F)F)c1. The van der Waals surface area contributed by atoms with Crippen LogP contribution in [0.3, 0.4) is 0 Å². The van der Waals surface area contributed by atoms with E-state index in [-0.39, 0.29) is 11.9 Å². The number of aromatic nitrogens is 1. The Morgan fingerprint density at radius 3 is 1.74 bits per heavy atom. The quantitative estimate of drug-likeness (QED) is 0.175. The molecule has 0 saturated carbocycles. The van der Waals surface area contributed by atoms with E-state index in [0.717, 1.165) is 49.9 Å². The summed E-state index contributed by atoms with van der Waals surface area (Å²) < 4.78 is 126. The fourth-order valence-corrected chi connectivity index (χ4v) is 9.14. The van der Waals surface area contributed by atoms with Crippen LogP contribution >= 0.6 is 0 Å². The molecule has 0 unspecified atom stereocenters. The molecule has 0 spiro atoms. The maximum absolute atomic E-state index is 14.4. The number of nitrogens with zero attached hydrogens (tertiary/aromatic N) is 2. The second-order valence-electron chi connectivity index (χ2n) is 15.1. The molecule has 2 heterocycles. The number of aliphatic imine (C=N–C) groups is 1. The van der Waals surface area contributed by atoms with Crippen molar-refractivity contribution in [3.05, 3.63) is 208 Å². The molecular weight excluding hydrogens is 814 g/mol. The molecule has 0 radical (unpaired) electrons. The lowest BCUT2D eigenvalue weighted by molar-refractivity contribution is -0.142. The van der Waals surface area contributed by atoms with Crippen molar-refractivity contribution in [2.24, 2.45) is 4.99 Å². The molecule has 0 bridgehead atoms. The second kappa shape index (κ2) is 13.9. The van der Waals surface area contributed by atoms with Gasteiger partial charge in [-0.15, -0.1) is 0 Å². The predicted molar refractivity (Wildman–Crippen MR) is 221 cm³/mol. The van der Waals surface area contributed by atoms with Crippen molar-refractivity contribution in [1.29, 1.82) is 0 Å². The van der Waals surface area contributed by atoms with E-state index in [1.165, 1.54) is 0 Å². The van der Waals surface area contributed by atoms with Gasteiger partial charge in [0.15, 0.2) is 5.82 Å². The molecule has 1 aliphatic carbocycles. The van der Waals surface area contributed by atoms with Crippen LogP contribution < -0.4 is 5.32 Å². The van der Waals surface area contributed by atoms with Crippen LogP contribution in [0.25, 0.3) is 44.2 Å². The monoisotopic (exact) mass is 841 g/mol. The first-order chi connectivity index (χ1) is 29.7. The minimum absolute atomic E-state index is 0.0764. The average molecular weight is 842 g/mol. The molecule has 0 atom stereocenters.